The Labute approximate surface area is 126 Å². The number of ether oxygens (including phenoxy) is 1. The maximum absolute atomic E-state index is 14.2. The number of halogens is 1. The van der Waals surface area contributed by atoms with Crippen molar-refractivity contribution in [3.63, 3.8) is 0 Å². The lowest BCUT2D eigenvalue weighted by molar-refractivity contribution is 0.0961. The molecule has 0 saturated heterocycles. The van der Waals surface area contributed by atoms with Crippen LogP contribution >= 0.6 is 0 Å². The number of phenols is 1. The van der Waals surface area contributed by atoms with Gasteiger partial charge in [-0.1, -0.05) is 12.1 Å². The van der Waals surface area contributed by atoms with Crippen LogP contribution < -0.4 is 10.1 Å². The number of carbonyl (C=O) groups is 2. The SMILES string of the molecule is CNC(=O)c1ccc(C(=O)c2c(O)ccc(OC)c2F)cc1. The summed E-state index contributed by atoms with van der Waals surface area (Å²) in [5.41, 5.74) is 0.0523. The van der Waals surface area contributed by atoms with E-state index in [4.69, 9.17) is 4.74 Å². The van der Waals surface area contributed by atoms with E-state index in [0.717, 1.165) is 0 Å². The molecule has 0 spiro atoms. The first kappa shape index (κ1) is 15.5. The van der Waals surface area contributed by atoms with E-state index >= 15 is 0 Å². The van der Waals surface area contributed by atoms with Gasteiger partial charge in [0, 0.05) is 18.2 Å². The van der Waals surface area contributed by atoms with E-state index in [2.05, 4.69) is 5.32 Å². The van der Waals surface area contributed by atoms with Crippen LogP contribution in [-0.4, -0.2) is 31.0 Å². The van der Waals surface area contributed by atoms with Gasteiger partial charge in [0.05, 0.1) is 7.11 Å². The van der Waals surface area contributed by atoms with Crippen LogP contribution in [0.2, 0.25) is 0 Å². The van der Waals surface area contributed by atoms with Crippen LogP contribution in [0.25, 0.3) is 0 Å². The third-order valence-corrected chi connectivity index (χ3v) is 3.17. The lowest BCUT2D eigenvalue weighted by Crippen LogP contribution is -2.17. The van der Waals surface area contributed by atoms with E-state index < -0.39 is 22.9 Å². The van der Waals surface area contributed by atoms with Crippen LogP contribution in [0.1, 0.15) is 26.3 Å². The Morgan fingerprint density at radius 1 is 1.09 bits per heavy atom. The van der Waals surface area contributed by atoms with Crippen molar-refractivity contribution < 1.29 is 23.8 Å². The van der Waals surface area contributed by atoms with Crippen LogP contribution in [0, 0.1) is 5.82 Å². The molecule has 0 saturated carbocycles. The molecule has 0 atom stereocenters. The predicted molar refractivity (Wildman–Crippen MR) is 77.9 cm³/mol. The number of carbonyl (C=O) groups excluding carboxylic acids is 2. The van der Waals surface area contributed by atoms with Gasteiger partial charge in [-0.3, -0.25) is 9.59 Å². The highest BCUT2D eigenvalue weighted by Gasteiger charge is 2.22. The van der Waals surface area contributed by atoms with Gasteiger partial charge in [0.2, 0.25) is 0 Å². The quantitative estimate of drug-likeness (QED) is 0.848. The molecule has 0 radical (unpaired) electrons. The molecule has 0 bridgehead atoms. The lowest BCUT2D eigenvalue weighted by Gasteiger charge is -2.09. The maximum atomic E-state index is 14.2. The second kappa shape index (κ2) is 6.26. The Bertz CT molecular complexity index is 726. The first-order valence-corrected chi connectivity index (χ1v) is 6.42. The Balaban J connectivity index is 2.42. The highest BCUT2D eigenvalue weighted by atomic mass is 19.1. The van der Waals surface area contributed by atoms with Gasteiger partial charge in [-0.15, -0.1) is 0 Å². The molecular formula is C16H14FNO4. The smallest absolute Gasteiger partial charge is 0.251 e. The minimum Gasteiger partial charge on any atom is -0.507 e. The molecule has 1 amide bonds. The zero-order valence-electron chi connectivity index (χ0n) is 12.0. The Hall–Kier alpha value is -2.89. The van der Waals surface area contributed by atoms with Gasteiger partial charge in [-0.2, -0.15) is 0 Å². The molecule has 2 rings (SSSR count). The molecule has 0 aliphatic carbocycles. The second-order valence-electron chi connectivity index (χ2n) is 4.46. The minimum absolute atomic E-state index is 0.136. The monoisotopic (exact) mass is 303 g/mol. The van der Waals surface area contributed by atoms with Crippen LogP contribution in [-0.2, 0) is 0 Å². The number of rotatable bonds is 4. The summed E-state index contributed by atoms with van der Waals surface area (Å²) in [4.78, 5) is 23.8. The van der Waals surface area contributed by atoms with E-state index in [-0.39, 0.29) is 17.2 Å². The van der Waals surface area contributed by atoms with E-state index in [1.165, 1.54) is 50.6 Å². The summed E-state index contributed by atoms with van der Waals surface area (Å²) in [6.07, 6.45) is 0. The zero-order chi connectivity index (χ0) is 16.3. The van der Waals surface area contributed by atoms with Crippen LogP contribution in [0.4, 0.5) is 4.39 Å². The molecule has 22 heavy (non-hydrogen) atoms. The van der Waals surface area contributed by atoms with Gasteiger partial charge in [-0.25, -0.2) is 4.39 Å². The van der Waals surface area contributed by atoms with Crippen molar-refractivity contribution >= 4 is 11.7 Å². The normalized spacial score (nSPS) is 10.1. The van der Waals surface area contributed by atoms with Crippen molar-refractivity contribution in [3.05, 3.63) is 58.9 Å². The molecule has 0 fully saturated rings. The molecular weight excluding hydrogens is 289 g/mol. The number of amides is 1. The molecule has 5 nitrogen and oxygen atoms in total. The summed E-state index contributed by atoms with van der Waals surface area (Å²) in [5, 5.41) is 12.2. The fourth-order valence-corrected chi connectivity index (χ4v) is 1.98. The minimum atomic E-state index is -0.928. The number of ketones is 1. The molecule has 0 aliphatic heterocycles. The summed E-state index contributed by atoms with van der Waals surface area (Å²) in [6.45, 7) is 0. The average molecular weight is 303 g/mol. The first-order chi connectivity index (χ1) is 10.5. The van der Waals surface area contributed by atoms with Crippen molar-refractivity contribution in [2.24, 2.45) is 0 Å². The van der Waals surface area contributed by atoms with E-state index in [9.17, 15) is 19.1 Å². The Morgan fingerprint density at radius 3 is 2.23 bits per heavy atom. The lowest BCUT2D eigenvalue weighted by atomic mass is 10.00. The molecule has 2 aromatic carbocycles. The Kier molecular flexibility index (Phi) is 4.41. The first-order valence-electron chi connectivity index (χ1n) is 6.42. The van der Waals surface area contributed by atoms with Gasteiger partial charge >= 0.3 is 0 Å². The number of hydrogen-bond donors (Lipinski definition) is 2. The summed E-state index contributed by atoms with van der Waals surface area (Å²) >= 11 is 0. The maximum Gasteiger partial charge on any atom is 0.251 e. The average Bonchev–Trinajstić information content (AvgIpc) is 2.54. The molecule has 0 unspecified atom stereocenters. The third-order valence-electron chi connectivity index (χ3n) is 3.17. The fraction of sp³-hybridized carbons (Fsp3) is 0.125. The number of methoxy groups -OCH3 is 1. The van der Waals surface area contributed by atoms with Crippen LogP contribution in [0.5, 0.6) is 11.5 Å². The number of hydrogen-bond acceptors (Lipinski definition) is 4. The second-order valence-corrected chi connectivity index (χ2v) is 4.46. The summed E-state index contributed by atoms with van der Waals surface area (Å²) in [7, 11) is 2.76. The molecule has 114 valence electrons. The van der Waals surface area contributed by atoms with Gasteiger partial charge in [0.25, 0.3) is 5.91 Å². The number of nitrogens with one attached hydrogen (secondary N) is 1. The Morgan fingerprint density at radius 2 is 1.68 bits per heavy atom. The standard InChI is InChI=1S/C16H14FNO4/c1-18-16(21)10-5-3-9(4-6-10)15(20)13-11(19)7-8-12(22-2)14(13)17/h3-8,19H,1-2H3,(H,18,21). The van der Waals surface area contributed by atoms with Crippen molar-refractivity contribution in [1.82, 2.24) is 5.32 Å². The number of phenolic OH excluding ortho intramolecular Hbond substituents is 1. The zero-order valence-corrected chi connectivity index (χ0v) is 12.0. The highest BCUT2D eigenvalue weighted by Crippen LogP contribution is 2.30. The van der Waals surface area contributed by atoms with Crippen LogP contribution in [0.15, 0.2) is 36.4 Å². The van der Waals surface area contributed by atoms with Gasteiger partial charge in [0.1, 0.15) is 11.3 Å². The van der Waals surface area contributed by atoms with Crippen molar-refractivity contribution in [2.45, 2.75) is 0 Å². The van der Waals surface area contributed by atoms with Gasteiger partial charge in [0.15, 0.2) is 17.3 Å². The number of benzene rings is 2. The largest absolute Gasteiger partial charge is 0.507 e. The molecule has 0 aromatic heterocycles. The molecule has 2 N–H and O–H groups in total. The topological polar surface area (TPSA) is 75.6 Å². The molecule has 0 aliphatic rings. The van der Waals surface area contributed by atoms with E-state index in [0.29, 0.717) is 5.56 Å². The fourth-order valence-electron chi connectivity index (χ4n) is 1.98. The molecule has 2 aromatic rings. The van der Waals surface area contributed by atoms with E-state index in [1.54, 1.807) is 0 Å². The van der Waals surface area contributed by atoms with Gasteiger partial charge in [-0.05, 0) is 24.3 Å². The van der Waals surface area contributed by atoms with Crippen molar-refractivity contribution in [1.29, 1.82) is 0 Å². The summed E-state index contributed by atoms with van der Waals surface area (Å²) in [6, 6.07) is 8.10. The highest BCUT2D eigenvalue weighted by molar-refractivity contribution is 6.11. The van der Waals surface area contributed by atoms with Crippen molar-refractivity contribution in [2.75, 3.05) is 14.2 Å². The molecule has 6 heteroatoms. The van der Waals surface area contributed by atoms with Gasteiger partial charge < -0.3 is 15.2 Å². The summed E-state index contributed by atoms with van der Waals surface area (Å²) < 4.78 is 19.0. The number of aromatic hydroxyl groups is 1. The summed E-state index contributed by atoms with van der Waals surface area (Å²) in [5.74, 6) is -2.53. The van der Waals surface area contributed by atoms with Crippen LogP contribution in [0.3, 0.4) is 0 Å². The van der Waals surface area contributed by atoms with E-state index in [1.807, 2.05) is 0 Å². The molecule has 0 heterocycles. The predicted octanol–water partition coefficient (Wildman–Crippen LogP) is 2.13. The van der Waals surface area contributed by atoms with Crippen molar-refractivity contribution in [3.8, 4) is 11.5 Å². The third kappa shape index (κ3) is 2.76.